The van der Waals surface area contributed by atoms with Crippen LogP contribution >= 0.6 is 0 Å². The third-order valence-electron chi connectivity index (χ3n) is 15.4. The maximum absolute atomic E-state index is 9.48. The molecule has 0 aliphatic carbocycles. The first kappa shape index (κ1) is 28.7. The first-order chi connectivity index (χ1) is 52.0. The monoisotopic (exact) mass is 1080 g/mol. The fraction of sp³-hybridized carbons (Fsp3) is 0.0244. The van der Waals surface area contributed by atoms with Gasteiger partial charge < -0.3 is 4.42 Å². The predicted octanol–water partition coefficient (Wildman–Crippen LogP) is 22.7. The predicted molar refractivity (Wildman–Crippen MR) is 355 cm³/mol. The number of benzene rings is 16. The minimum Gasteiger partial charge on any atom is -0.456 e. The summed E-state index contributed by atoms with van der Waals surface area (Å²) in [6.07, 6.45) is -1.65. The number of hydrogen-bond donors (Lipinski definition) is 0. The summed E-state index contributed by atoms with van der Waals surface area (Å²) in [5, 5.41) is 8.54. The van der Waals surface area contributed by atoms with Crippen molar-refractivity contribution in [2.24, 2.45) is 0 Å². The molecule has 17 rings (SSSR count). The van der Waals surface area contributed by atoms with Crippen LogP contribution in [0.4, 0.5) is 0 Å². The smallest absolute Gasteiger partial charge is 0.136 e. The third kappa shape index (κ3) is 8.56. The van der Waals surface area contributed by atoms with Gasteiger partial charge in [-0.3, -0.25) is 0 Å². The second-order valence-electron chi connectivity index (χ2n) is 20.1. The van der Waals surface area contributed by atoms with Crippen LogP contribution in [-0.2, 0) is 12.8 Å². The first-order valence-electron chi connectivity index (χ1n) is 39.8. The fourth-order valence-electron chi connectivity index (χ4n) is 11.7. The first-order valence-corrected chi connectivity index (χ1v) is 26.8. The van der Waals surface area contributed by atoms with Gasteiger partial charge in [-0.2, -0.15) is 0 Å². The minimum absolute atomic E-state index is 0.318. The lowest BCUT2D eigenvalue weighted by Crippen LogP contribution is -1.98. The molecular formula is C82H54O. The number of hydrogen-bond acceptors (Lipinski definition) is 1. The van der Waals surface area contributed by atoms with E-state index in [2.05, 4.69) is 146 Å². The summed E-state index contributed by atoms with van der Waals surface area (Å²) >= 11 is 0. The summed E-state index contributed by atoms with van der Waals surface area (Å²) in [6, 6.07) is 32.0. The summed E-state index contributed by atoms with van der Waals surface area (Å²) in [5.41, 5.74) is 3.81. The molecular weight excluding hydrogens is 1000 g/mol. The van der Waals surface area contributed by atoms with E-state index in [0.29, 0.717) is 0 Å². The Morgan fingerprint density at radius 1 is 0.277 bits per heavy atom. The van der Waals surface area contributed by atoms with Crippen molar-refractivity contribution < 1.29 is 40.1 Å². The molecule has 83 heavy (non-hydrogen) atoms. The van der Waals surface area contributed by atoms with Crippen LogP contribution in [0.2, 0.25) is 0 Å². The highest BCUT2D eigenvalue weighted by Gasteiger charge is 2.21. The van der Waals surface area contributed by atoms with E-state index in [0.717, 1.165) is 16.6 Å². The van der Waals surface area contributed by atoms with Crippen molar-refractivity contribution in [2.45, 2.75) is 12.8 Å². The average molecular weight is 1080 g/mol. The molecule has 0 amide bonds. The molecule has 0 saturated heterocycles. The van der Waals surface area contributed by atoms with Gasteiger partial charge in [0.15, 0.2) is 0 Å². The van der Waals surface area contributed by atoms with Crippen LogP contribution in [0.25, 0.3) is 141 Å². The van der Waals surface area contributed by atoms with Gasteiger partial charge >= 0.3 is 0 Å². The van der Waals surface area contributed by atoms with E-state index >= 15 is 0 Å². The van der Waals surface area contributed by atoms with E-state index in [-0.39, 0.29) is 11.1 Å². The summed E-state index contributed by atoms with van der Waals surface area (Å²) in [6.45, 7) is 0. The van der Waals surface area contributed by atoms with Crippen LogP contribution in [0.1, 0.15) is 57.9 Å². The van der Waals surface area contributed by atoms with E-state index in [1.807, 2.05) is 0 Å². The SMILES string of the molecule is [2H]c1c([2H])c(Cc2c3c([2H])c([2H])c([2H])c([2H])c3c(Cc3c([2H])c([2H])c4c([2H])c([2H])c([2H])c([2H])c4c3[2H])c3c([2H])c([2H])c([2H])c([2H])c23)c([2H])c(-c2c([2H])c([2H])c3c([2H])c([2H])c([2H])c([2H])c3c2[2H])c1[2H].c1ccc2cc(-c3c4ccccc4c(-c4cccc5oc6cc7ccccc7cc6c45)c4ccccc34)ccc2c1. The second kappa shape index (κ2) is 20.2. The van der Waals surface area contributed by atoms with Gasteiger partial charge in [-0.25, -0.2) is 0 Å². The Labute approximate surface area is 518 Å². The Morgan fingerprint density at radius 3 is 1.42 bits per heavy atom. The maximum atomic E-state index is 9.48. The van der Waals surface area contributed by atoms with E-state index < -0.39 is 235 Å². The standard InChI is InChI=1S/C42H30.C40H24O/c1-3-13-33-25-30(20-21-31(33)11-1)27-42-39-18-7-5-16-37(39)41(38-17-6-8-19-40(38)42)26-29-10-9-15-34(24-29)36-23-22-32-12-2-4-14-35(32)28-36;1-2-11-26-22-29(21-20-25(26)10-1)38-30-14-5-7-16-32(30)39(33-17-8-6-15-31(33)38)34-18-9-19-36-40(34)35-23-27-12-3-4-13-28(27)24-37(35)41-36/h1-25,28H,26-27H2;1-24H/i1D,2D,3D,4D,5D,6D,7D,8D,9D,10D,11D,12D,13D,14D,15D,16D,17D,18D,19D,20D,21D,22D,23D,24D,25D,28D;. The zero-order valence-corrected chi connectivity index (χ0v) is 43.7. The van der Waals surface area contributed by atoms with Crippen LogP contribution in [0.3, 0.4) is 0 Å². The molecule has 0 aliphatic rings. The largest absolute Gasteiger partial charge is 0.456 e. The van der Waals surface area contributed by atoms with Crippen molar-refractivity contribution in [2.75, 3.05) is 0 Å². The zero-order chi connectivity index (χ0) is 77.4. The lowest BCUT2D eigenvalue weighted by molar-refractivity contribution is 0.669. The Bertz CT molecular complexity index is 6870. The molecule has 0 spiro atoms. The molecule has 388 valence electrons. The average Bonchev–Trinajstić information content (AvgIpc) is 0.831. The fourth-order valence-corrected chi connectivity index (χ4v) is 11.7. The van der Waals surface area contributed by atoms with Crippen LogP contribution in [0.5, 0.6) is 0 Å². The highest BCUT2D eigenvalue weighted by atomic mass is 16.3. The lowest BCUT2D eigenvalue weighted by atomic mass is 9.84. The van der Waals surface area contributed by atoms with Gasteiger partial charge in [0.1, 0.15) is 11.2 Å². The van der Waals surface area contributed by atoms with Gasteiger partial charge in [0, 0.05) is 10.8 Å². The van der Waals surface area contributed by atoms with E-state index in [4.69, 9.17) is 31.8 Å². The van der Waals surface area contributed by atoms with Crippen molar-refractivity contribution in [1.29, 1.82) is 0 Å². The number of fused-ring (bicyclic) bond motifs is 11. The lowest BCUT2D eigenvalue weighted by Gasteiger charge is -2.18. The van der Waals surface area contributed by atoms with Gasteiger partial charge in [0.25, 0.3) is 0 Å². The van der Waals surface area contributed by atoms with E-state index in [1.54, 1.807) is 0 Å². The van der Waals surface area contributed by atoms with E-state index in [1.165, 1.54) is 70.7 Å². The van der Waals surface area contributed by atoms with Crippen molar-refractivity contribution in [1.82, 2.24) is 0 Å². The number of furan rings is 1. The van der Waals surface area contributed by atoms with Crippen LogP contribution in [0.15, 0.2) is 307 Å². The second-order valence-corrected chi connectivity index (χ2v) is 20.1. The van der Waals surface area contributed by atoms with Crippen LogP contribution < -0.4 is 0 Å². The molecule has 0 radical (unpaired) electrons. The molecule has 0 aliphatic heterocycles. The summed E-state index contributed by atoms with van der Waals surface area (Å²) in [4.78, 5) is 0. The van der Waals surface area contributed by atoms with Crippen molar-refractivity contribution >= 4 is 108 Å². The third-order valence-corrected chi connectivity index (χ3v) is 15.4. The summed E-state index contributed by atoms with van der Waals surface area (Å²) < 4.78 is 235. The van der Waals surface area contributed by atoms with Crippen molar-refractivity contribution in [3.63, 3.8) is 0 Å². The molecule has 0 bridgehead atoms. The molecule has 1 aromatic heterocycles. The molecule has 16 aromatic carbocycles. The Morgan fingerprint density at radius 2 is 0.783 bits per heavy atom. The Balaban J connectivity index is 0.000000186. The van der Waals surface area contributed by atoms with Crippen molar-refractivity contribution in [3.05, 3.63) is 325 Å². The Kier molecular flexibility index (Phi) is 6.98. The van der Waals surface area contributed by atoms with Gasteiger partial charge in [-0.15, -0.1) is 0 Å². The molecule has 17 aromatic rings. The molecule has 1 heterocycles. The van der Waals surface area contributed by atoms with Crippen molar-refractivity contribution in [3.8, 4) is 33.4 Å². The molecule has 0 saturated carbocycles. The number of rotatable bonds is 7. The quantitative estimate of drug-likeness (QED) is 0.145. The molecule has 0 atom stereocenters. The van der Waals surface area contributed by atoms with Crippen LogP contribution in [-0.4, -0.2) is 0 Å². The molecule has 1 heteroatoms. The van der Waals surface area contributed by atoms with E-state index in [9.17, 15) is 8.22 Å². The molecule has 0 N–H and O–H groups in total. The van der Waals surface area contributed by atoms with Gasteiger partial charge in [0.05, 0.1) is 35.6 Å². The van der Waals surface area contributed by atoms with Gasteiger partial charge in [0.2, 0.25) is 0 Å². The minimum atomic E-state index is -0.910. The Hall–Kier alpha value is -10.6. The van der Waals surface area contributed by atoms with Gasteiger partial charge in [-0.1, -0.05) is 272 Å². The summed E-state index contributed by atoms with van der Waals surface area (Å²) in [5.74, 6) is 0. The maximum Gasteiger partial charge on any atom is 0.136 e. The highest BCUT2D eigenvalue weighted by molar-refractivity contribution is 6.26. The molecule has 1 nitrogen and oxygen atoms in total. The molecule has 0 unspecified atom stereocenters. The topological polar surface area (TPSA) is 13.1 Å². The normalized spacial score (nSPS) is 16.1. The van der Waals surface area contributed by atoms with Gasteiger partial charge in [-0.05, 0) is 185 Å². The summed E-state index contributed by atoms with van der Waals surface area (Å²) in [7, 11) is 0. The zero-order valence-electron chi connectivity index (χ0n) is 69.7. The highest BCUT2D eigenvalue weighted by Crippen LogP contribution is 2.48. The molecule has 0 fully saturated rings. The van der Waals surface area contributed by atoms with Crippen LogP contribution in [0, 0.1) is 0 Å².